The molecule has 2 heterocycles. The molecule has 0 saturated carbocycles. The van der Waals surface area contributed by atoms with Crippen LogP contribution in [0.5, 0.6) is 0 Å². The molecule has 0 aromatic heterocycles. The van der Waals surface area contributed by atoms with Crippen LogP contribution in [0.2, 0.25) is 0 Å². The first kappa shape index (κ1) is 22.0. The van der Waals surface area contributed by atoms with Gasteiger partial charge in [0.25, 0.3) is 0 Å². The number of rotatable bonds is 5. The molecule has 160 valence electrons. The van der Waals surface area contributed by atoms with Crippen LogP contribution in [0.15, 0.2) is 24.4 Å². The molecule has 7 heteroatoms. The van der Waals surface area contributed by atoms with Gasteiger partial charge in [-0.05, 0) is 47.6 Å². The molecular weight excluding hydrogens is 383 g/mol. The zero-order valence-electron chi connectivity index (χ0n) is 17.8. The van der Waals surface area contributed by atoms with Crippen LogP contribution in [0.1, 0.15) is 57.2 Å². The monoisotopic (exact) mass is 412 g/mol. The molecule has 1 aromatic rings. The van der Waals surface area contributed by atoms with E-state index in [0.717, 1.165) is 24.0 Å². The Balaban J connectivity index is 1.59. The van der Waals surface area contributed by atoms with Crippen molar-refractivity contribution in [2.45, 2.75) is 52.1 Å². The Bertz CT molecular complexity index is 884. The van der Waals surface area contributed by atoms with Crippen molar-refractivity contribution in [1.82, 2.24) is 15.1 Å². The van der Waals surface area contributed by atoms with Crippen LogP contribution in [0.25, 0.3) is 6.08 Å². The SMILES string of the molecule is CC(C)(C)C1c2cc(F)ccc2C=CN1C(=O)CCNCC(=O)N1CCCC1C#N. The molecular formula is C23H29FN4O2. The summed E-state index contributed by atoms with van der Waals surface area (Å²) in [6.07, 6.45) is 5.39. The number of amides is 2. The first-order valence-electron chi connectivity index (χ1n) is 10.4. The van der Waals surface area contributed by atoms with Crippen LogP contribution >= 0.6 is 0 Å². The lowest BCUT2D eigenvalue weighted by atomic mass is 9.78. The Morgan fingerprint density at radius 3 is 2.77 bits per heavy atom. The minimum atomic E-state index is -0.340. The van der Waals surface area contributed by atoms with E-state index < -0.39 is 0 Å². The van der Waals surface area contributed by atoms with Crippen molar-refractivity contribution in [3.8, 4) is 6.07 Å². The molecule has 0 aliphatic carbocycles. The van der Waals surface area contributed by atoms with Crippen LogP contribution in [-0.2, 0) is 9.59 Å². The van der Waals surface area contributed by atoms with E-state index >= 15 is 0 Å². The number of carbonyl (C=O) groups is 2. The molecule has 1 aromatic carbocycles. The molecule has 3 rings (SSSR count). The normalized spacial score (nSPS) is 20.8. The molecule has 30 heavy (non-hydrogen) atoms. The Morgan fingerprint density at radius 1 is 1.30 bits per heavy atom. The van der Waals surface area contributed by atoms with E-state index in [1.807, 2.05) is 26.8 Å². The highest BCUT2D eigenvalue weighted by Gasteiger charge is 2.36. The van der Waals surface area contributed by atoms with Gasteiger partial charge in [0.1, 0.15) is 11.9 Å². The number of benzene rings is 1. The number of nitrogens with one attached hydrogen (secondary N) is 1. The Hall–Kier alpha value is -2.72. The maximum absolute atomic E-state index is 13.9. The number of carbonyl (C=O) groups excluding carboxylic acids is 2. The standard InChI is InChI=1S/C23H29FN4O2/c1-23(2,3)22-19-13-17(24)7-6-16(19)9-12-28(22)20(29)8-10-26-15-21(30)27-11-4-5-18(27)14-25/h6-7,9,12-13,18,22,26H,4-5,8,10-11,15H2,1-3H3. The molecule has 2 atom stereocenters. The topological polar surface area (TPSA) is 76.4 Å². The van der Waals surface area contributed by atoms with Crippen LogP contribution in [0, 0.1) is 22.6 Å². The molecule has 1 fully saturated rings. The predicted octanol–water partition coefficient (Wildman–Crippen LogP) is 3.22. The van der Waals surface area contributed by atoms with Crippen molar-refractivity contribution in [2.24, 2.45) is 5.41 Å². The zero-order valence-corrected chi connectivity index (χ0v) is 17.8. The van der Waals surface area contributed by atoms with Crippen LogP contribution in [-0.4, -0.2) is 47.3 Å². The van der Waals surface area contributed by atoms with Gasteiger partial charge in [-0.15, -0.1) is 0 Å². The minimum Gasteiger partial charge on any atom is -0.326 e. The molecule has 0 spiro atoms. The fraction of sp³-hybridized carbons (Fsp3) is 0.522. The summed E-state index contributed by atoms with van der Waals surface area (Å²) in [6, 6.07) is 6.22. The average molecular weight is 413 g/mol. The summed E-state index contributed by atoms with van der Waals surface area (Å²) in [4.78, 5) is 28.5. The third-order valence-corrected chi connectivity index (χ3v) is 5.66. The summed E-state index contributed by atoms with van der Waals surface area (Å²) < 4.78 is 13.9. The molecule has 0 bridgehead atoms. The maximum Gasteiger partial charge on any atom is 0.237 e. The third kappa shape index (κ3) is 4.71. The highest BCUT2D eigenvalue weighted by Crippen LogP contribution is 2.43. The fourth-order valence-corrected chi connectivity index (χ4v) is 4.26. The summed E-state index contributed by atoms with van der Waals surface area (Å²) in [6.45, 7) is 7.17. The van der Waals surface area contributed by atoms with Crippen molar-refractivity contribution in [1.29, 1.82) is 5.26 Å². The highest BCUT2D eigenvalue weighted by molar-refractivity contribution is 5.81. The van der Waals surface area contributed by atoms with Crippen molar-refractivity contribution < 1.29 is 14.0 Å². The second kappa shape index (κ2) is 8.97. The zero-order chi connectivity index (χ0) is 21.9. The van der Waals surface area contributed by atoms with Gasteiger partial charge in [-0.2, -0.15) is 5.26 Å². The summed E-state index contributed by atoms with van der Waals surface area (Å²) in [5, 5.41) is 12.1. The first-order chi connectivity index (χ1) is 14.2. The number of likely N-dealkylation sites (tertiary alicyclic amines) is 1. The van der Waals surface area contributed by atoms with Crippen molar-refractivity contribution in [3.63, 3.8) is 0 Å². The maximum atomic E-state index is 13.9. The van der Waals surface area contributed by atoms with Gasteiger partial charge in [0.05, 0.1) is 18.7 Å². The van der Waals surface area contributed by atoms with Crippen molar-refractivity contribution in [2.75, 3.05) is 19.6 Å². The average Bonchev–Trinajstić information content (AvgIpc) is 3.18. The van der Waals surface area contributed by atoms with Gasteiger partial charge in [-0.25, -0.2) is 4.39 Å². The second-order valence-electron chi connectivity index (χ2n) is 8.96. The minimum absolute atomic E-state index is 0.0860. The van der Waals surface area contributed by atoms with Gasteiger partial charge >= 0.3 is 0 Å². The number of hydrogen-bond acceptors (Lipinski definition) is 4. The molecule has 2 amide bonds. The van der Waals surface area contributed by atoms with Gasteiger partial charge in [-0.3, -0.25) is 9.59 Å². The van der Waals surface area contributed by atoms with Crippen LogP contribution in [0.3, 0.4) is 0 Å². The lowest BCUT2D eigenvalue weighted by Crippen LogP contribution is -2.42. The highest BCUT2D eigenvalue weighted by atomic mass is 19.1. The van der Waals surface area contributed by atoms with E-state index in [9.17, 15) is 14.0 Å². The van der Waals surface area contributed by atoms with Crippen LogP contribution < -0.4 is 5.32 Å². The predicted molar refractivity (Wildman–Crippen MR) is 112 cm³/mol. The molecule has 0 radical (unpaired) electrons. The first-order valence-corrected chi connectivity index (χ1v) is 10.4. The molecule has 2 aliphatic heterocycles. The smallest absolute Gasteiger partial charge is 0.237 e. The third-order valence-electron chi connectivity index (χ3n) is 5.66. The van der Waals surface area contributed by atoms with E-state index in [1.165, 1.54) is 12.1 Å². The summed E-state index contributed by atoms with van der Waals surface area (Å²) >= 11 is 0. The second-order valence-corrected chi connectivity index (χ2v) is 8.96. The Morgan fingerprint density at radius 2 is 2.07 bits per heavy atom. The van der Waals surface area contributed by atoms with Crippen molar-refractivity contribution >= 4 is 17.9 Å². The molecule has 2 unspecified atom stereocenters. The van der Waals surface area contributed by atoms with E-state index in [1.54, 1.807) is 22.1 Å². The van der Waals surface area contributed by atoms with Crippen LogP contribution in [0.4, 0.5) is 4.39 Å². The van der Waals surface area contributed by atoms with Gasteiger partial charge in [-0.1, -0.05) is 26.8 Å². The Labute approximate surface area is 177 Å². The number of nitrogens with zero attached hydrogens (tertiary/aromatic N) is 3. The Kier molecular flexibility index (Phi) is 6.57. The molecule has 1 N–H and O–H groups in total. The molecule has 1 saturated heterocycles. The van der Waals surface area contributed by atoms with Gasteiger partial charge in [0.2, 0.25) is 11.8 Å². The lowest BCUT2D eigenvalue weighted by Gasteiger charge is -2.41. The van der Waals surface area contributed by atoms with Crippen molar-refractivity contribution in [3.05, 3.63) is 41.3 Å². The summed E-state index contributed by atoms with van der Waals surface area (Å²) in [5.74, 6) is -0.512. The lowest BCUT2D eigenvalue weighted by molar-refractivity contribution is -0.133. The molecule has 6 nitrogen and oxygen atoms in total. The number of fused-ring (bicyclic) bond motifs is 1. The van der Waals surface area contributed by atoms with E-state index in [-0.39, 0.29) is 48.1 Å². The fourth-order valence-electron chi connectivity index (χ4n) is 4.26. The van der Waals surface area contributed by atoms with E-state index in [4.69, 9.17) is 5.26 Å². The number of halogens is 1. The summed E-state index contributed by atoms with van der Waals surface area (Å²) in [7, 11) is 0. The van der Waals surface area contributed by atoms with Gasteiger partial charge in [0.15, 0.2) is 0 Å². The van der Waals surface area contributed by atoms with E-state index in [2.05, 4.69) is 11.4 Å². The summed E-state index contributed by atoms with van der Waals surface area (Å²) in [5.41, 5.74) is 1.44. The van der Waals surface area contributed by atoms with Gasteiger partial charge in [0, 0.05) is 25.7 Å². The largest absolute Gasteiger partial charge is 0.326 e. The quantitative estimate of drug-likeness (QED) is 0.754. The van der Waals surface area contributed by atoms with E-state index in [0.29, 0.717) is 13.1 Å². The van der Waals surface area contributed by atoms with Gasteiger partial charge < -0.3 is 15.1 Å². The number of hydrogen-bond donors (Lipinski definition) is 1. The number of nitriles is 1. The molecule has 2 aliphatic rings.